The highest BCUT2D eigenvalue weighted by Crippen LogP contribution is 2.31. The van der Waals surface area contributed by atoms with E-state index >= 15 is 0 Å². The third kappa shape index (κ3) is 3.14. The Morgan fingerprint density at radius 2 is 2.05 bits per heavy atom. The van der Waals surface area contributed by atoms with Crippen LogP contribution in [0.3, 0.4) is 0 Å². The Morgan fingerprint density at radius 1 is 1.25 bits per heavy atom. The Bertz CT molecular complexity index is 568. The summed E-state index contributed by atoms with van der Waals surface area (Å²) in [6.07, 6.45) is 6.09. The first-order chi connectivity index (χ1) is 9.69. The number of rotatable bonds is 6. The van der Waals surface area contributed by atoms with Crippen LogP contribution in [0.4, 0.5) is 0 Å². The maximum Gasteiger partial charge on any atom is 0.0837 e. The summed E-state index contributed by atoms with van der Waals surface area (Å²) in [5, 5.41) is 9.06. The summed E-state index contributed by atoms with van der Waals surface area (Å²) >= 11 is 12.6. The zero-order chi connectivity index (χ0) is 14.5. The molecule has 0 aliphatic carbocycles. The molecule has 2 aromatic rings. The lowest BCUT2D eigenvalue weighted by Gasteiger charge is -2.21. The molecule has 6 heteroatoms. The second kappa shape index (κ2) is 7.07. The van der Waals surface area contributed by atoms with Gasteiger partial charge in [-0.25, -0.2) is 0 Å². The number of nitrogens with one attached hydrogen (secondary N) is 1. The van der Waals surface area contributed by atoms with Crippen molar-refractivity contribution >= 4 is 23.2 Å². The molecule has 0 bridgehead atoms. The van der Waals surface area contributed by atoms with Crippen molar-refractivity contribution in [2.75, 3.05) is 6.54 Å². The van der Waals surface area contributed by atoms with Crippen LogP contribution in [0.2, 0.25) is 10.0 Å². The van der Waals surface area contributed by atoms with Gasteiger partial charge in [-0.1, -0.05) is 30.1 Å². The molecule has 0 amide bonds. The van der Waals surface area contributed by atoms with E-state index in [4.69, 9.17) is 23.2 Å². The number of pyridine rings is 1. The molecular formula is C14H18Cl2N4. The Kier molecular flexibility index (Phi) is 5.40. The van der Waals surface area contributed by atoms with Crippen LogP contribution in [0.1, 0.15) is 37.6 Å². The molecule has 0 saturated carbocycles. The molecule has 1 atom stereocenters. The van der Waals surface area contributed by atoms with E-state index in [1.807, 2.05) is 17.7 Å². The molecule has 4 nitrogen and oxygen atoms in total. The fourth-order valence-corrected chi connectivity index (χ4v) is 2.65. The highest BCUT2D eigenvalue weighted by molar-refractivity contribution is 6.32. The van der Waals surface area contributed by atoms with Crippen molar-refractivity contribution in [2.45, 2.75) is 32.9 Å². The van der Waals surface area contributed by atoms with Gasteiger partial charge >= 0.3 is 0 Å². The fourth-order valence-electron chi connectivity index (χ4n) is 2.17. The molecule has 1 unspecified atom stereocenters. The number of nitrogens with zero attached hydrogens (tertiary/aromatic N) is 3. The van der Waals surface area contributed by atoms with E-state index in [0.717, 1.165) is 30.8 Å². The van der Waals surface area contributed by atoms with Gasteiger partial charge in [0.1, 0.15) is 0 Å². The highest BCUT2D eigenvalue weighted by Gasteiger charge is 2.23. The lowest BCUT2D eigenvalue weighted by molar-refractivity contribution is 0.529. The van der Waals surface area contributed by atoms with Crippen LogP contribution in [-0.4, -0.2) is 21.3 Å². The van der Waals surface area contributed by atoms with Gasteiger partial charge in [0.2, 0.25) is 0 Å². The van der Waals surface area contributed by atoms with E-state index in [9.17, 15) is 0 Å². The third-order valence-electron chi connectivity index (χ3n) is 3.12. The Balaban J connectivity index is 2.47. The summed E-state index contributed by atoms with van der Waals surface area (Å²) in [6.45, 7) is 5.79. The second-order valence-electron chi connectivity index (χ2n) is 4.48. The lowest BCUT2D eigenvalue weighted by atomic mass is 10.0. The molecule has 20 heavy (non-hydrogen) atoms. The quantitative estimate of drug-likeness (QED) is 0.884. The zero-order valence-electron chi connectivity index (χ0n) is 11.6. The van der Waals surface area contributed by atoms with Crippen molar-refractivity contribution in [3.8, 4) is 0 Å². The van der Waals surface area contributed by atoms with Crippen molar-refractivity contribution < 1.29 is 0 Å². The van der Waals surface area contributed by atoms with Crippen LogP contribution in [0.5, 0.6) is 0 Å². The molecule has 0 aliphatic heterocycles. The fraction of sp³-hybridized carbons (Fsp3) is 0.429. The molecule has 0 aliphatic rings. The summed E-state index contributed by atoms with van der Waals surface area (Å²) in [5.41, 5.74) is 1.91. The molecule has 0 radical (unpaired) electrons. The monoisotopic (exact) mass is 312 g/mol. The highest BCUT2D eigenvalue weighted by atomic mass is 35.5. The minimum Gasteiger partial charge on any atom is -0.305 e. The minimum absolute atomic E-state index is 0.0830. The van der Waals surface area contributed by atoms with Crippen LogP contribution in [-0.2, 0) is 6.54 Å². The predicted molar refractivity (Wildman–Crippen MR) is 82.3 cm³/mol. The number of aromatic nitrogens is 3. The largest absolute Gasteiger partial charge is 0.305 e. The van der Waals surface area contributed by atoms with Crippen LogP contribution < -0.4 is 5.32 Å². The van der Waals surface area contributed by atoms with Gasteiger partial charge in [-0.05, 0) is 31.5 Å². The predicted octanol–water partition coefficient (Wildman–Crippen LogP) is 3.69. The Labute approximate surface area is 129 Å². The van der Waals surface area contributed by atoms with Gasteiger partial charge in [0.15, 0.2) is 0 Å². The molecule has 108 valence electrons. The van der Waals surface area contributed by atoms with Gasteiger partial charge in [0.25, 0.3) is 0 Å². The van der Waals surface area contributed by atoms with E-state index in [1.54, 1.807) is 18.6 Å². The average molecular weight is 313 g/mol. The first kappa shape index (κ1) is 15.3. The topological polar surface area (TPSA) is 42.7 Å². The van der Waals surface area contributed by atoms with Crippen LogP contribution >= 0.6 is 23.2 Å². The molecule has 1 N–H and O–H groups in total. The summed E-state index contributed by atoms with van der Waals surface area (Å²) in [5.74, 6) is 0. The molecule has 2 rings (SSSR count). The van der Waals surface area contributed by atoms with E-state index < -0.39 is 0 Å². The van der Waals surface area contributed by atoms with Gasteiger partial charge in [0, 0.05) is 18.9 Å². The minimum atomic E-state index is -0.0830. The van der Waals surface area contributed by atoms with Gasteiger partial charge in [-0.15, -0.1) is 0 Å². The summed E-state index contributed by atoms with van der Waals surface area (Å²) in [6, 6.07) is 1.83. The average Bonchev–Trinajstić information content (AvgIpc) is 2.82. The molecular weight excluding hydrogens is 295 g/mol. The van der Waals surface area contributed by atoms with E-state index in [1.165, 1.54) is 0 Å². The molecule has 0 fully saturated rings. The van der Waals surface area contributed by atoms with E-state index in [2.05, 4.69) is 22.3 Å². The van der Waals surface area contributed by atoms with Gasteiger partial charge in [0.05, 0.1) is 28.0 Å². The maximum absolute atomic E-state index is 6.32. The Morgan fingerprint density at radius 3 is 2.70 bits per heavy atom. The number of hydrogen-bond acceptors (Lipinski definition) is 3. The molecule has 2 aromatic heterocycles. The molecule has 0 saturated heterocycles. The van der Waals surface area contributed by atoms with Crippen LogP contribution in [0.15, 0.2) is 24.7 Å². The summed E-state index contributed by atoms with van der Waals surface area (Å²) in [7, 11) is 0. The molecule has 2 heterocycles. The van der Waals surface area contributed by atoms with Gasteiger partial charge in [-0.3, -0.25) is 9.67 Å². The first-order valence-corrected chi connectivity index (χ1v) is 7.48. The SMILES string of the molecule is CCCNC(c1ccncc1Cl)c1c(Cl)cnn1CC. The summed E-state index contributed by atoms with van der Waals surface area (Å²) < 4.78 is 1.90. The van der Waals surface area contributed by atoms with E-state index in [-0.39, 0.29) is 6.04 Å². The molecule has 0 aromatic carbocycles. The van der Waals surface area contributed by atoms with Crippen molar-refractivity contribution in [1.29, 1.82) is 0 Å². The van der Waals surface area contributed by atoms with E-state index in [0.29, 0.717) is 10.0 Å². The normalized spacial score (nSPS) is 12.6. The van der Waals surface area contributed by atoms with Crippen molar-refractivity contribution in [1.82, 2.24) is 20.1 Å². The van der Waals surface area contributed by atoms with Gasteiger partial charge in [-0.2, -0.15) is 5.10 Å². The lowest BCUT2D eigenvalue weighted by Crippen LogP contribution is -2.26. The zero-order valence-corrected chi connectivity index (χ0v) is 13.1. The third-order valence-corrected chi connectivity index (χ3v) is 3.73. The van der Waals surface area contributed by atoms with Crippen molar-refractivity contribution in [3.63, 3.8) is 0 Å². The van der Waals surface area contributed by atoms with Crippen molar-refractivity contribution in [2.24, 2.45) is 0 Å². The van der Waals surface area contributed by atoms with Crippen LogP contribution in [0, 0.1) is 0 Å². The number of halogens is 2. The summed E-state index contributed by atoms with van der Waals surface area (Å²) in [4.78, 5) is 4.04. The standard InChI is InChI=1S/C14H18Cl2N4/c1-3-6-18-13(10-5-7-17-8-11(10)15)14-12(16)9-19-20(14)4-2/h5,7-9,13,18H,3-4,6H2,1-2H3. The van der Waals surface area contributed by atoms with Gasteiger partial charge < -0.3 is 5.32 Å². The molecule has 0 spiro atoms. The maximum atomic E-state index is 6.32. The first-order valence-electron chi connectivity index (χ1n) is 6.73. The second-order valence-corrected chi connectivity index (χ2v) is 5.29. The smallest absolute Gasteiger partial charge is 0.0837 e. The van der Waals surface area contributed by atoms with Crippen molar-refractivity contribution in [3.05, 3.63) is 46.0 Å². The number of hydrogen-bond donors (Lipinski definition) is 1. The Hall–Kier alpha value is -1.10. The van der Waals surface area contributed by atoms with Crippen LogP contribution in [0.25, 0.3) is 0 Å². The number of aryl methyl sites for hydroxylation is 1.